The highest BCUT2D eigenvalue weighted by Crippen LogP contribution is 2.39. The smallest absolute Gasteiger partial charge is 0.366 e. The third kappa shape index (κ3) is 3.87. The first kappa shape index (κ1) is 18.5. The van der Waals surface area contributed by atoms with Crippen LogP contribution in [-0.2, 0) is 6.18 Å². The summed E-state index contributed by atoms with van der Waals surface area (Å²) in [6.07, 6.45) is 1.47. The number of rotatable bonds is 4. The van der Waals surface area contributed by atoms with Gasteiger partial charge in [0.2, 0.25) is 5.95 Å². The van der Waals surface area contributed by atoms with Crippen LogP contribution in [0.25, 0.3) is 22.4 Å². The summed E-state index contributed by atoms with van der Waals surface area (Å²) < 4.78 is 40.9. The topological polar surface area (TPSA) is 65.6 Å². The highest BCUT2D eigenvalue weighted by Gasteiger charge is 2.36. The fourth-order valence-corrected chi connectivity index (χ4v) is 3.44. The van der Waals surface area contributed by atoms with E-state index in [9.17, 15) is 13.2 Å². The molecule has 5 nitrogen and oxygen atoms in total. The first-order valence-electron chi connectivity index (χ1n) is 9.16. The molecule has 0 bridgehead atoms. The molecule has 4 rings (SSSR count). The third-order valence-corrected chi connectivity index (χ3v) is 4.81. The van der Waals surface area contributed by atoms with Gasteiger partial charge < -0.3 is 15.6 Å². The van der Waals surface area contributed by atoms with Crippen LogP contribution in [-0.4, -0.2) is 34.1 Å². The van der Waals surface area contributed by atoms with E-state index in [4.69, 9.17) is 0 Å². The van der Waals surface area contributed by atoms with Crippen molar-refractivity contribution in [3.63, 3.8) is 0 Å². The van der Waals surface area contributed by atoms with E-state index in [1.165, 1.54) is 0 Å². The number of benzene rings is 1. The third-order valence-electron chi connectivity index (χ3n) is 4.81. The Morgan fingerprint density at radius 3 is 2.57 bits per heavy atom. The van der Waals surface area contributed by atoms with Gasteiger partial charge in [-0.05, 0) is 24.9 Å². The molecule has 8 heteroatoms. The van der Waals surface area contributed by atoms with E-state index in [0.717, 1.165) is 37.7 Å². The van der Waals surface area contributed by atoms with Gasteiger partial charge in [-0.3, -0.25) is 0 Å². The second kappa shape index (κ2) is 7.63. The quantitative estimate of drug-likeness (QED) is 0.624. The van der Waals surface area contributed by atoms with Gasteiger partial charge in [0.25, 0.3) is 0 Å². The van der Waals surface area contributed by atoms with Crippen LogP contribution >= 0.6 is 0 Å². The SMILES string of the molecule is FC(F)(F)c1cnc(N[C@H]2CCCNC2)nc1-c1c[nH]cc1-c1ccccc1. The molecule has 0 radical (unpaired) electrons. The van der Waals surface area contributed by atoms with E-state index in [0.29, 0.717) is 11.1 Å². The van der Waals surface area contributed by atoms with Gasteiger partial charge in [-0.2, -0.15) is 13.2 Å². The number of nitrogens with zero attached hydrogens (tertiary/aromatic N) is 2. The van der Waals surface area contributed by atoms with Crippen LogP contribution < -0.4 is 10.6 Å². The Hall–Kier alpha value is -2.87. The number of aromatic amines is 1. The average Bonchev–Trinajstić information content (AvgIpc) is 3.18. The molecule has 0 aliphatic carbocycles. The maximum atomic E-state index is 13.6. The molecule has 2 aromatic heterocycles. The number of alkyl halides is 3. The van der Waals surface area contributed by atoms with Crippen molar-refractivity contribution in [2.75, 3.05) is 18.4 Å². The number of aromatic nitrogens is 3. The Labute approximate surface area is 160 Å². The highest BCUT2D eigenvalue weighted by molar-refractivity contribution is 5.83. The van der Waals surface area contributed by atoms with Gasteiger partial charge in [0, 0.05) is 42.3 Å². The Balaban J connectivity index is 1.76. The number of nitrogens with one attached hydrogen (secondary N) is 3. The average molecular weight is 387 g/mol. The Kier molecular flexibility index (Phi) is 5.04. The molecule has 1 fully saturated rings. The molecule has 1 aromatic carbocycles. The molecular weight excluding hydrogens is 367 g/mol. The van der Waals surface area contributed by atoms with Crippen molar-refractivity contribution in [3.05, 3.63) is 54.5 Å². The van der Waals surface area contributed by atoms with Crippen LogP contribution in [0.2, 0.25) is 0 Å². The summed E-state index contributed by atoms with van der Waals surface area (Å²) in [5.74, 6) is 0.205. The molecule has 0 saturated carbocycles. The summed E-state index contributed by atoms with van der Waals surface area (Å²) in [7, 11) is 0. The molecule has 3 aromatic rings. The van der Waals surface area contributed by atoms with Crippen LogP contribution in [0.1, 0.15) is 18.4 Å². The normalized spacial score (nSPS) is 17.5. The Morgan fingerprint density at radius 2 is 1.86 bits per heavy atom. The molecule has 28 heavy (non-hydrogen) atoms. The molecule has 1 saturated heterocycles. The van der Waals surface area contributed by atoms with Crippen molar-refractivity contribution in [1.82, 2.24) is 20.3 Å². The van der Waals surface area contributed by atoms with Crippen molar-refractivity contribution in [1.29, 1.82) is 0 Å². The maximum absolute atomic E-state index is 13.6. The van der Waals surface area contributed by atoms with Gasteiger partial charge in [-0.15, -0.1) is 0 Å². The summed E-state index contributed by atoms with van der Waals surface area (Å²) in [6.45, 7) is 1.68. The molecule has 1 aliphatic heterocycles. The van der Waals surface area contributed by atoms with Crippen molar-refractivity contribution in [2.24, 2.45) is 0 Å². The van der Waals surface area contributed by atoms with E-state index >= 15 is 0 Å². The predicted molar refractivity (Wildman–Crippen MR) is 102 cm³/mol. The maximum Gasteiger partial charge on any atom is 0.419 e. The van der Waals surface area contributed by atoms with Crippen molar-refractivity contribution < 1.29 is 13.2 Å². The number of halogens is 3. The van der Waals surface area contributed by atoms with E-state index in [1.807, 2.05) is 30.3 Å². The number of hydrogen-bond acceptors (Lipinski definition) is 4. The lowest BCUT2D eigenvalue weighted by molar-refractivity contribution is -0.137. The molecule has 0 amide bonds. The van der Waals surface area contributed by atoms with Gasteiger partial charge in [0.1, 0.15) is 5.56 Å². The van der Waals surface area contributed by atoms with Crippen LogP contribution in [0.3, 0.4) is 0 Å². The minimum atomic E-state index is -4.55. The summed E-state index contributed by atoms with van der Waals surface area (Å²) in [6, 6.07) is 9.36. The van der Waals surface area contributed by atoms with Gasteiger partial charge in [-0.25, -0.2) is 9.97 Å². The Morgan fingerprint density at radius 1 is 1.07 bits per heavy atom. The van der Waals surface area contributed by atoms with E-state index in [1.54, 1.807) is 12.4 Å². The molecule has 0 spiro atoms. The molecule has 1 atom stereocenters. The number of piperidine rings is 1. The zero-order valence-electron chi connectivity index (χ0n) is 15.1. The monoisotopic (exact) mass is 387 g/mol. The van der Waals surface area contributed by atoms with Crippen molar-refractivity contribution in [2.45, 2.75) is 25.1 Å². The number of anilines is 1. The second-order valence-electron chi connectivity index (χ2n) is 6.79. The van der Waals surface area contributed by atoms with Gasteiger partial charge in [-0.1, -0.05) is 30.3 Å². The second-order valence-corrected chi connectivity index (χ2v) is 6.79. The van der Waals surface area contributed by atoms with Gasteiger partial charge >= 0.3 is 6.18 Å². The van der Waals surface area contributed by atoms with E-state index in [2.05, 4.69) is 25.6 Å². The van der Waals surface area contributed by atoms with E-state index in [-0.39, 0.29) is 17.7 Å². The zero-order chi connectivity index (χ0) is 19.6. The summed E-state index contributed by atoms with van der Waals surface area (Å²) in [4.78, 5) is 11.1. The fraction of sp³-hybridized carbons (Fsp3) is 0.300. The van der Waals surface area contributed by atoms with Crippen molar-refractivity contribution >= 4 is 5.95 Å². The lowest BCUT2D eigenvalue weighted by Gasteiger charge is -2.24. The first-order valence-corrected chi connectivity index (χ1v) is 9.16. The molecule has 146 valence electrons. The van der Waals surface area contributed by atoms with Gasteiger partial charge in [0.05, 0.1) is 5.69 Å². The van der Waals surface area contributed by atoms with Gasteiger partial charge in [0.15, 0.2) is 0 Å². The highest BCUT2D eigenvalue weighted by atomic mass is 19.4. The Bertz CT molecular complexity index is 931. The summed E-state index contributed by atoms with van der Waals surface area (Å²) >= 11 is 0. The predicted octanol–water partition coefficient (Wildman–Crippen LogP) is 4.32. The van der Waals surface area contributed by atoms with Crippen LogP contribution in [0.15, 0.2) is 48.9 Å². The zero-order valence-corrected chi connectivity index (χ0v) is 15.1. The first-order chi connectivity index (χ1) is 13.5. The summed E-state index contributed by atoms with van der Waals surface area (Å²) in [5, 5.41) is 6.42. The summed E-state index contributed by atoms with van der Waals surface area (Å²) in [5.41, 5.74) is 0.891. The molecular formula is C20H20F3N5. The van der Waals surface area contributed by atoms with Crippen LogP contribution in [0, 0.1) is 0 Å². The number of H-pyrrole nitrogens is 1. The van der Waals surface area contributed by atoms with Crippen LogP contribution in [0.5, 0.6) is 0 Å². The molecule has 1 aliphatic rings. The van der Waals surface area contributed by atoms with Crippen LogP contribution in [0.4, 0.5) is 19.1 Å². The molecule has 0 unspecified atom stereocenters. The lowest BCUT2D eigenvalue weighted by Crippen LogP contribution is -2.38. The largest absolute Gasteiger partial charge is 0.419 e. The molecule has 3 N–H and O–H groups in total. The minimum absolute atomic E-state index is 0.0955. The standard InChI is InChI=1S/C20H20F3N5/c21-20(22,23)17-12-26-19(27-14-7-4-8-24-9-14)28-18(17)16-11-25-10-15(16)13-5-2-1-3-6-13/h1-3,5-6,10-12,14,24-25H,4,7-9H2,(H,26,27,28)/t14-/m0/s1. The van der Waals surface area contributed by atoms with Crippen molar-refractivity contribution in [3.8, 4) is 22.4 Å². The number of hydrogen-bond donors (Lipinski definition) is 3. The van der Waals surface area contributed by atoms with E-state index < -0.39 is 11.7 Å². The molecule has 3 heterocycles. The minimum Gasteiger partial charge on any atom is -0.366 e. The fourth-order valence-electron chi connectivity index (χ4n) is 3.44. The lowest BCUT2D eigenvalue weighted by atomic mass is 10.00.